The summed E-state index contributed by atoms with van der Waals surface area (Å²) in [6.45, 7) is 2.70. The molecule has 2 aromatic heterocycles. The average molecular weight is 840 g/mol. The Kier molecular flexibility index (Phi) is 18.0. The third-order valence-electron chi connectivity index (χ3n) is 6.92. The topological polar surface area (TPSA) is 364 Å². The van der Waals surface area contributed by atoms with Crippen LogP contribution in [0.3, 0.4) is 0 Å². The average Bonchev–Trinajstić information content (AvgIpc) is 3.62. The second-order valence-corrected chi connectivity index (χ2v) is 16.4. The third kappa shape index (κ3) is 15.0. The van der Waals surface area contributed by atoms with E-state index < -0.39 is 78.6 Å². The molecule has 10 N–H and O–H groups in total. The lowest BCUT2D eigenvalue weighted by Crippen LogP contribution is -2.46. The quantitative estimate of drug-likeness (QED) is 0.0448. The Bertz CT molecular complexity index is 1680. The van der Waals surface area contributed by atoms with Crippen LogP contribution in [0.2, 0.25) is 0 Å². The molecule has 0 bridgehead atoms. The Hall–Kier alpha value is -2.44. The first-order chi connectivity index (χ1) is 24.6. The molecular formula is C25H44N7O17P3S. The number of carbonyl (C=O) groups excluding carboxylic acids is 3. The Morgan fingerprint density at radius 3 is 2.36 bits per heavy atom. The van der Waals surface area contributed by atoms with E-state index in [9.17, 15) is 57.9 Å². The molecule has 1 saturated heterocycles. The molecule has 1 aliphatic heterocycles. The minimum absolute atomic E-state index is 0.0363. The number of ether oxygens (including phenoxy) is 1. The minimum Gasteiger partial charge on any atom is -0.386 e. The Morgan fingerprint density at radius 1 is 1.11 bits per heavy atom. The highest BCUT2D eigenvalue weighted by Gasteiger charge is 2.50. The zero-order valence-electron chi connectivity index (χ0n) is 28.6. The standard InChI is InChI=1S/C21H36N7O16P3S.C4H8O/c1-21(2,16(31)19(32)24-4-3-12(29)23-5-6-48)8-41-47(38,39)44-46(36,37)40-7-11-15(43-45(33,34)35)14(30)20(42-11)28-10-27-13-17(22)25-9-26-18(13)28;1-2-3-4-5/h9-11,14-16,20,30-31,48H,3-8H2,1-2H3,(H,23,29)(H,24,32)(H,36,37)(H,38,39)(H2,22,25,26)(H2,33,34,35);4H,2-3H2,1H3/t11-,14-,15-,16+,20-;/m1./s1. The van der Waals surface area contributed by atoms with Gasteiger partial charge in [-0.2, -0.15) is 16.9 Å². The van der Waals surface area contributed by atoms with Crippen molar-refractivity contribution in [1.29, 1.82) is 0 Å². The maximum Gasteiger partial charge on any atom is 0.481 e. The molecule has 2 aromatic rings. The number of nitrogens with zero attached hydrogens (tertiary/aromatic N) is 4. The number of amides is 2. The first-order valence-electron chi connectivity index (χ1n) is 15.5. The van der Waals surface area contributed by atoms with Crippen LogP contribution in [0, 0.1) is 5.41 Å². The van der Waals surface area contributed by atoms with Crippen molar-refractivity contribution in [1.82, 2.24) is 30.2 Å². The molecule has 3 heterocycles. The fourth-order valence-electron chi connectivity index (χ4n) is 4.25. The molecule has 2 unspecified atom stereocenters. The summed E-state index contributed by atoms with van der Waals surface area (Å²) in [7, 11) is -16.3. The summed E-state index contributed by atoms with van der Waals surface area (Å²) < 4.78 is 61.7. The van der Waals surface area contributed by atoms with Crippen molar-refractivity contribution in [3.63, 3.8) is 0 Å². The summed E-state index contributed by atoms with van der Waals surface area (Å²) in [5.41, 5.74) is 4.30. The summed E-state index contributed by atoms with van der Waals surface area (Å²) in [6.07, 6.45) is -4.13. The van der Waals surface area contributed by atoms with E-state index in [2.05, 4.69) is 47.0 Å². The largest absolute Gasteiger partial charge is 0.481 e. The first-order valence-corrected chi connectivity index (χ1v) is 20.7. The van der Waals surface area contributed by atoms with E-state index in [4.69, 9.17) is 19.5 Å². The minimum atomic E-state index is -5.54. The number of nitrogens with one attached hydrogen (secondary N) is 2. The number of unbranched alkanes of at least 4 members (excludes halogenated alkanes) is 1. The Balaban J connectivity index is 0.00000181. The highest BCUT2D eigenvalue weighted by molar-refractivity contribution is 7.80. The predicted octanol–water partition coefficient (Wildman–Crippen LogP) is -0.680. The number of phosphoric acid groups is 3. The van der Waals surface area contributed by atoms with Gasteiger partial charge in [-0.3, -0.25) is 27.7 Å². The number of fused-ring (bicyclic) bond motifs is 1. The Morgan fingerprint density at radius 2 is 1.77 bits per heavy atom. The Labute approximate surface area is 308 Å². The fourth-order valence-corrected chi connectivity index (χ4v) is 7.19. The molecule has 53 heavy (non-hydrogen) atoms. The molecule has 1 fully saturated rings. The summed E-state index contributed by atoms with van der Waals surface area (Å²) >= 11 is 3.95. The lowest BCUT2D eigenvalue weighted by atomic mass is 9.87. The zero-order valence-corrected chi connectivity index (χ0v) is 32.2. The predicted molar refractivity (Wildman–Crippen MR) is 184 cm³/mol. The third-order valence-corrected chi connectivity index (χ3v) is 10.2. The van der Waals surface area contributed by atoms with E-state index in [0.29, 0.717) is 18.7 Å². The SMILES string of the molecule is CC(C)(COP(=O)(O)OP(=O)(O)OC[C@H]1O[C@@H](n2cnc3c(N)ncnc32)[C@H](O)[C@@H]1OP(=O)(O)O)[C@@H](O)C(=O)NCCC(=O)NCCS.CCCC=O. The molecular weight excluding hydrogens is 795 g/mol. The summed E-state index contributed by atoms with van der Waals surface area (Å²) in [4.78, 5) is 84.0. The summed E-state index contributed by atoms with van der Waals surface area (Å²) in [6, 6.07) is 0. The van der Waals surface area contributed by atoms with Crippen LogP contribution < -0.4 is 16.4 Å². The van der Waals surface area contributed by atoms with Gasteiger partial charge in [0.15, 0.2) is 17.7 Å². The smallest absolute Gasteiger partial charge is 0.386 e. The van der Waals surface area contributed by atoms with E-state index >= 15 is 0 Å². The van der Waals surface area contributed by atoms with E-state index in [1.807, 2.05) is 6.92 Å². The van der Waals surface area contributed by atoms with E-state index in [-0.39, 0.29) is 35.9 Å². The second-order valence-electron chi connectivity index (χ2n) is 11.7. The number of thiol groups is 1. The van der Waals surface area contributed by atoms with Crippen molar-refractivity contribution in [2.45, 2.75) is 70.7 Å². The van der Waals surface area contributed by atoms with Gasteiger partial charge in [-0.1, -0.05) is 20.8 Å². The van der Waals surface area contributed by atoms with Crippen molar-refractivity contribution >= 4 is 71.2 Å². The van der Waals surface area contributed by atoms with Crippen LogP contribution in [0.15, 0.2) is 12.7 Å². The van der Waals surface area contributed by atoms with Gasteiger partial charge in [0.2, 0.25) is 11.8 Å². The van der Waals surface area contributed by atoms with Crippen LogP contribution in [-0.4, -0.2) is 124 Å². The number of anilines is 1. The molecule has 0 saturated carbocycles. The zero-order chi connectivity index (χ0) is 40.2. The summed E-state index contributed by atoms with van der Waals surface area (Å²) in [5, 5.41) is 26.1. The van der Waals surface area contributed by atoms with Gasteiger partial charge in [0.05, 0.1) is 19.5 Å². The van der Waals surface area contributed by atoms with Gasteiger partial charge in [0.25, 0.3) is 0 Å². The van der Waals surface area contributed by atoms with Crippen molar-refractivity contribution in [3.05, 3.63) is 12.7 Å². The molecule has 28 heteroatoms. The number of imidazole rings is 1. The van der Waals surface area contributed by atoms with Crippen molar-refractivity contribution in [3.8, 4) is 0 Å². The van der Waals surface area contributed by atoms with Crippen molar-refractivity contribution in [2.24, 2.45) is 5.41 Å². The maximum absolute atomic E-state index is 12.6. The van der Waals surface area contributed by atoms with Crippen LogP contribution in [0.1, 0.15) is 46.3 Å². The second kappa shape index (κ2) is 20.5. The molecule has 2 amide bonds. The van der Waals surface area contributed by atoms with Crippen LogP contribution in [0.25, 0.3) is 11.2 Å². The van der Waals surface area contributed by atoms with Gasteiger partial charge in [0, 0.05) is 37.1 Å². The lowest BCUT2D eigenvalue weighted by molar-refractivity contribution is -0.137. The number of aliphatic hydroxyl groups is 2. The van der Waals surface area contributed by atoms with E-state index in [1.165, 1.54) is 13.8 Å². The molecule has 7 atom stereocenters. The number of hydrogen-bond acceptors (Lipinski definition) is 18. The highest BCUT2D eigenvalue weighted by atomic mass is 32.1. The number of aliphatic hydroxyl groups excluding tert-OH is 2. The number of carbonyl (C=O) groups is 3. The monoisotopic (exact) mass is 839 g/mol. The fraction of sp³-hybridized carbons (Fsp3) is 0.680. The molecule has 1 aliphatic rings. The van der Waals surface area contributed by atoms with Gasteiger partial charge in [0.1, 0.15) is 42.5 Å². The van der Waals surface area contributed by atoms with Gasteiger partial charge in [-0.05, 0) is 6.42 Å². The molecule has 0 radical (unpaired) electrons. The van der Waals surface area contributed by atoms with Crippen molar-refractivity contribution < 1.29 is 80.5 Å². The first kappa shape index (κ1) is 46.7. The normalized spacial score (nSPS) is 21.8. The number of rotatable bonds is 20. The van der Waals surface area contributed by atoms with E-state index in [1.54, 1.807) is 0 Å². The summed E-state index contributed by atoms with van der Waals surface area (Å²) in [5.74, 6) is -0.943. The van der Waals surface area contributed by atoms with Crippen LogP contribution >= 0.6 is 36.1 Å². The van der Waals surface area contributed by atoms with Crippen molar-refractivity contribution in [2.75, 3.05) is 37.8 Å². The van der Waals surface area contributed by atoms with Crippen LogP contribution in [0.5, 0.6) is 0 Å². The van der Waals surface area contributed by atoms with E-state index in [0.717, 1.165) is 29.9 Å². The van der Waals surface area contributed by atoms with Crippen LogP contribution in [-0.2, 0) is 50.7 Å². The van der Waals surface area contributed by atoms with Gasteiger partial charge >= 0.3 is 23.5 Å². The van der Waals surface area contributed by atoms with Gasteiger partial charge in [-0.25, -0.2) is 28.6 Å². The molecule has 302 valence electrons. The van der Waals surface area contributed by atoms with Crippen LogP contribution in [0.4, 0.5) is 5.82 Å². The number of aldehydes is 1. The molecule has 0 spiro atoms. The van der Waals surface area contributed by atoms with Gasteiger partial charge < -0.3 is 55.7 Å². The highest BCUT2D eigenvalue weighted by Crippen LogP contribution is 2.61. The number of hydrogen-bond donors (Lipinski definition) is 10. The molecule has 0 aromatic carbocycles. The molecule has 3 rings (SSSR count). The maximum atomic E-state index is 12.6. The number of nitrogen functional groups attached to an aromatic ring is 1. The lowest BCUT2D eigenvalue weighted by Gasteiger charge is -2.30. The molecule has 24 nitrogen and oxygen atoms in total. The number of nitrogens with two attached hydrogens (primary N) is 1. The molecule has 0 aliphatic carbocycles. The number of aromatic nitrogens is 4. The van der Waals surface area contributed by atoms with Gasteiger partial charge in [-0.15, -0.1) is 0 Å². The number of phosphoric ester groups is 3.